The van der Waals surface area contributed by atoms with Crippen LogP contribution in [0.1, 0.15) is 5.82 Å². The minimum Gasteiger partial charge on any atom is -0.397 e. The number of nitrogen functional groups attached to an aromatic ring is 1. The number of benzene rings is 1. The number of hydrogen-bond donors (Lipinski definition) is 1. The van der Waals surface area contributed by atoms with E-state index in [1.54, 1.807) is 18.0 Å². The quantitative estimate of drug-likeness (QED) is 0.777. The second-order valence-corrected chi connectivity index (χ2v) is 5.78. The molecule has 0 aliphatic carbocycles. The van der Waals surface area contributed by atoms with Crippen molar-refractivity contribution in [3.63, 3.8) is 0 Å². The molecule has 0 saturated heterocycles. The van der Waals surface area contributed by atoms with E-state index >= 15 is 0 Å². The molecule has 0 fully saturated rings. The van der Waals surface area contributed by atoms with Crippen LogP contribution in [0, 0.1) is 6.92 Å². The number of aryl methyl sites for hydroxylation is 1. The van der Waals surface area contributed by atoms with Gasteiger partial charge in [0.1, 0.15) is 5.82 Å². The Morgan fingerprint density at radius 1 is 1.28 bits per heavy atom. The van der Waals surface area contributed by atoms with Crippen LogP contribution in [0.25, 0.3) is 10.9 Å². The second-order valence-electron chi connectivity index (χ2n) is 3.77. The number of hydrogen-bond acceptors (Lipinski definition) is 6. The van der Waals surface area contributed by atoms with Gasteiger partial charge in [-0.05, 0) is 24.5 Å². The Labute approximate surface area is 112 Å². The number of anilines is 1. The molecule has 2 heterocycles. The van der Waals surface area contributed by atoms with Crippen molar-refractivity contribution in [2.24, 2.45) is 0 Å². The number of pyridine rings is 1. The summed E-state index contributed by atoms with van der Waals surface area (Å²) >= 11 is 2.93. The lowest BCUT2D eigenvalue weighted by Crippen LogP contribution is -1.92. The van der Waals surface area contributed by atoms with Crippen LogP contribution >= 0.6 is 23.3 Å². The number of para-hydroxylation sites is 1. The molecule has 18 heavy (non-hydrogen) atoms. The average Bonchev–Trinajstić information content (AvgIpc) is 2.79. The van der Waals surface area contributed by atoms with Gasteiger partial charge in [-0.25, -0.2) is 4.98 Å². The lowest BCUT2D eigenvalue weighted by Gasteiger charge is -2.06. The fourth-order valence-corrected chi connectivity index (χ4v) is 3.39. The predicted molar refractivity (Wildman–Crippen MR) is 74.9 cm³/mol. The third kappa shape index (κ3) is 2.04. The lowest BCUT2D eigenvalue weighted by atomic mass is 10.2. The van der Waals surface area contributed by atoms with E-state index in [4.69, 9.17) is 5.73 Å². The van der Waals surface area contributed by atoms with Crippen molar-refractivity contribution in [3.8, 4) is 0 Å². The minimum atomic E-state index is 0.673. The molecule has 2 N–H and O–H groups in total. The van der Waals surface area contributed by atoms with Gasteiger partial charge in [-0.15, -0.1) is 0 Å². The van der Waals surface area contributed by atoms with Crippen molar-refractivity contribution in [2.45, 2.75) is 16.2 Å². The van der Waals surface area contributed by atoms with Crippen molar-refractivity contribution in [1.82, 2.24) is 14.3 Å². The smallest absolute Gasteiger partial charge is 0.174 e. The first kappa shape index (κ1) is 11.4. The van der Waals surface area contributed by atoms with Crippen LogP contribution in [0.2, 0.25) is 0 Å². The van der Waals surface area contributed by atoms with Crippen LogP contribution in [0.5, 0.6) is 0 Å². The van der Waals surface area contributed by atoms with Crippen molar-refractivity contribution in [3.05, 3.63) is 36.3 Å². The Morgan fingerprint density at radius 3 is 2.89 bits per heavy atom. The molecule has 3 aromatic rings. The van der Waals surface area contributed by atoms with Gasteiger partial charge in [0.05, 0.1) is 17.4 Å². The van der Waals surface area contributed by atoms with E-state index in [0.29, 0.717) is 5.69 Å². The van der Waals surface area contributed by atoms with Gasteiger partial charge >= 0.3 is 0 Å². The number of aromatic nitrogens is 3. The molecule has 1 aromatic carbocycles. The molecule has 0 bridgehead atoms. The van der Waals surface area contributed by atoms with Crippen molar-refractivity contribution < 1.29 is 0 Å². The zero-order valence-electron chi connectivity index (χ0n) is 9.62. The van der Waals surface area contributed by atoms with E-state index in [-0.39, 0.29) is 0 Å². The van der Waals surface area contributed by atoms with Crippen LogP contribution in [-0.2, 0) is 0 Å². The topological polar surface area (TPSA) is 64.7 Å². The molecule has 0 atom stereocenters. The van der Waals surface area contributed by atoms with Crippen molar-refractivity contribution in [1.29, 1.82) is 0 Å². The Hall–Kier alpha value is -1.66. The molecule has 4 nitrogen and oxygen atoms in total. The Morgan fingerprint density at radius 2 is 2.11 bits per heavy atom. The number of rotatable bonds is 2. The Kier molecular flexibility index (Phi) is 2.89. The van der Waals surface area contributed by atoms with E-state index in [1.807, 2.05) is 31.2 Å². The summed E-state index contributed by atoms with van der Waals surface area (Å²) in [4.78, 5) is 9.66. The van der Waals surface area contributed by atoms with Gasteiger partial charge in [0.15, 0.2) is 4.34 Å². The Balaban J connectivity index is 2.12. The van der Waals surface area contributed by atoms with Crippen LogP contribution in [-0.4, -0.2) is 14.3 Å². The van der Waals surface area contributed by atoms with E-state index in [9.17, 15) is 0 Å². The average molecular weight is 274 g/mol. The van der Waals surface area contributed by atoms with E-state index in [0.717, 1.165) is 26.0 Å². The van der Waals surface area contributed by atoms with Crippen LogP contribution in [0.15, 0.2) is 39.7 Å². The van der Waals surface area contributed by atoms with Gasteiger partial charge in [0.2, 0.25) is 0 Å². The van der Waals surface area contributed by atoms with E-state index in [1.165, 1.54) is 11.5 Å². The zero-order chi connectivity index (χ0) is 12.5. The van der Waals surface area contributed by atoms with Crippen LogP contribution < -0.4 is 5.73 Å². The molecule has 0 saturated carbocycles. The number of fused-ring (bicyclic) bond motifs is 1. The first-order valence-corrected chi connectivity index (χ1v) is 6.94. The number of nitrogens with two attached hydrogens (primary N) is 1. The fraction of sp³-hybridized carbons (Fsp3) is 0.0833. The highest BCUT2D eigenvalue weighted by Gasteiger charge is 2.10. The molecular formula is C12H10N4S2. The summed E-state index contributed by atoms with van der Waals surface area (Å²) in [5, 5.41) is 1.05. The molecule has 2 aromatic heterocycles. The lowest BCUT2D eigenvalue weighted by molar-refractivity contribution is 1.10. The maximum absolute atomic E-state index is 6.01. The summed E-state index contributed by atoms with van der Waals surface area (Å²) in [6.45, 7) is 1.88. The maximum atomic E-state index is 6.01. The van der Waals surface area contributed by atoms with Gasteiger partial charge in [-0.3, -0.25) is 4.98 Å². The van der Waals surface area contributed by atoms with Gasteiger partial charge in [0, 0.05) is 10.3 Å². The van der Waals surface area contributed by atoms with Crippen LogP contribution in [0.4, 0.5) is 5.69 Å². The highest BCUT2D eigenvalue weighted by molar-refractivity contribution is 8.01. The summed E-state index contributed by atoms with van der Waals surface area (Å²) in [5.74, 6) is 0.791. The molecule has 0 unspecified atom stereocenters. The molecule has 0 amide bonds. The third-order valence-electron chi connectivity index (χ3n) is 2.45. The monoisotopic (exact) mass is 274 g/mol. The SMILES string of the molecule is Cc1nsc(Sc2c(N)cnc3ccccc23)n1. The standard InChI is InChI=1S/C12H10N4S2/c1-7-15-12(18-16-7)17-11-8-4-2-3-5-10(8)14-6-9(11)13/h2-6H,13H2,1H3. The van der Waals surface area contributed by atoms with Gasteiger partial charge < -0.3 is 5.73 Å². The Bertz CT molecular complexity index is 708. The predicted octanol–water partition coefficient (Wildman–Crippen LogP) is 3.13. The first-order chi connectivity index (χ1) is 8.74. The van der Waals surface area contributed by atoms with Crippen molar-refractivity contribution in [2.75, 3.05) is 5.73 Å². The van der Waals surface area contributed by atoms with Gasteiger partial charge in [0.25, 0.3) is 0 Å². The summed E-state index contributed by atoms with van der Waals surface area (Å²) in [5.41, 5.74) is 7.63. The van der Waals surface area contributed by atoms with Gasteiger partial charge in [-0.1, -0.05) is 30.0 Å². The molecule has 90 valence electrons. The summed E-state index contributed by atoms with van der Waals surface area (Å²) in [7, 11) is 0. The molecule has 0 aliphatic rings. The molecule has 3 rings (SSSR count). The highest BCUT2D eigenvalue weighted by Crippen LogP contribution is 2.37. The molecule has 6 heteroatoms. The fourth-order valence-electron chi connectivity index (χ4n) is 1.65. The molecule has 0 radical (unpaired) electrons. The normalized spacial score (nSPS) is 10.9. The number of nitrogens with zero attached hydrogens (tertiary/aromatic N) is 3. The maximum Gasteiger partial charge on any atom is 0.174 e. The first-order valence-electron chi connectivity index (χ1n) is 5.35. The van der Waals surface area contributed by atoms with Crippen LogP contribution in [0.3, 0.4) is 0 Å². The summed E-state index contributed by atoms with van der Waals surface area (Å²) < 4.78 is 5.07. The second kappa shape index (κ2) is 4.55. The van der Waals surface area contributed by atoms with E-state index in [2.05, 4.69) is 14.3 Å². The third-order valence-corrected chi connectivity index (χ3v) is 4.45. The van der Waals surface area contributed by atoms with Gasteiger partial charge in [-0.2, -0.15) is 4.37 Å². The minimum absolute atomic E-state index is 0.673. The molecular weight excluding hydrogens is 264 g/mol. The molecule has 0 aliphatic heterocycles. The summed E-state index contributed by atoms with van der Waals surface area (Å²) in [6.07, 6.45) is 1.69. The van der Waals surface area contributed by atoms with E-state index < -0.39 is 0 Å². The highest BCUT2D eigenvalue weighted by atomic mass is 32.2. The largest absolute Gasteiger partial charge is 0.397 e. The molecule has 0 spiro atoms. The summed E-state index contributed by atoms with van der Waals surface area (Å²) in [6, 6.07) is 7.95. The van der Waals surface area contributed by atoms with Crippen molar-refractivity contribution >= 4 is 39.9 Å². The zero-order valence-corrected chi connectivity index (χ0v) is 11.3.